The van der Waals surface area contributed by atoms with Crippen LogP contribution in [0.15, 0.2) is 0 Å². The van der Waals surface area contributed by atoms with E-state index in [0.29, 0.717) is 13.0 Å². The molecule has 1 aliphatic carbocycles. The highest BCUT2D eigenvalue weighted by atomic mass is 16.5. The molecule has 3 heteroatoms. The van der Waals surface area contributed by atoms with Crippen LogP contribution in [0, 0.1) is 5.92 Å². The summed E-state index contributed by atoms with van der Waals surface area (Å²) in [6.07, 6.45) is 3.88. The van der Waals surface area contributed by atoms with E-state index in [1.165, 1.54) is 12.8 Å². The minimum Gasteiger partial charge on any atom is -0.463 e. The summed E-state index contributed by atoms with van der Waals surface area (Å²) in [4.78, 5) is 10.9. The Kier molecular flexibility index (Phi) is 4.94. The van der Waals surface area contributed by atoms with E-state index in [0.717, 1.165) is 18.9 Å². The molecule has 14 heavy (non-hydrogen) atoms. The van der Waals surface area contributed by atoms with Gasteiger partial charge in [-0.3, -0.25) is 4.79 Å². The number of carbonyl (C=O) groups is 1. The lowest BCUT2D eigenvalue weighted by molar-refractivity contribution is -0.148. The van der Waals surface area contributed by atoms with Crippen molar-refractivity contribution in [2.45, 2.75) is 45.6 Å². The van der Waals surface area contributed by atoms with E-state index < -0.39 is 0 Å². The van der Waals surface area contributed by atoms with Gasteiger partial charge in [0.05, 0.1) is 6.61 Å². The highest BCUT2D eigenvalue weighted by Gasteiger charge is 2.21. The molecule has 1 aliphatic rings. The first-order valence-electron chi connectivity index (χ1n) is 5.49. The molecule has 0 heterocycles. The number of hydrogen-bond donors (Lipinski definition) is 0. The molecule has 0 aromatic carbocycles. The molecule has 1 rings (SSSR count). The van der Waals surface area contributed by atoms with Crippen LogP contribution in [0.4, 0.5) is 0 Å². The van der Waals surface area contributed by atoms with Crippen LogP contribution < -0.4 is 0 Å². The Labute approximate surface area is 85.8 Å². The molecule has 0 N–H and O–H groups in total. The lowest BCUT2D eigenvalue weighted by Crippen LogP contribution is -2.16. The van der Waals surface area contributed by atoms with Crippen molar-refractivity contribution in [3.63, 3.8) is 0 Å². The zero-order valence-corrected chi connectivity index (χ0v) is 9.12. The molecule has 82 valence electrons. The zero-order chi connectivity index (χ0) is 10.4. The summed E-state index contributed by atoms with van der Waals surface area (Å²) < 4.78 is 10.6. The first-order valence-corrected chi connectivity index (χ1v) is 5.49. The number of rotatable bonds is 7. The number of carbonyl (C=O) groups excluding carboxylic acids is 1. The van der Waals surface area contributed by atoms with E-state index in [2.05, 4.69) is 0 Å². The Bertz CT molecular complexity index is 175. The summed E-state index contributed by atoms with van der Waals surface area (Å²) in [5.74, 6) is 0.684. The second kappa shape index (κ2) is 6.02. The van der Waals surface area contributed by atoms with Gasteiger partial charge in [0, 0.05) is 19.4 Å². The molecular formula is C11H20O3. The molecule has 0 aromatic heterocycles. The Balaban J connectivity index is 1.90. The van der Waals surface area contributed by atoms with Crippen molar-refractivity contribution >= 4 is 5.97 Å². The fourth-order valence-corrected chi connectivity index (χ4v) is 1.15. The SMILES string of the molecule is CCC(=O)OC(C)CCOCC1CC1. The van der Waals surface area contributed by atoms with Gasteiger partial charge >= 0.3 is 5.97 Å². The third-order valence-corrected chi connectivity index (χ3v) is 2.34. The van der Waals surface area contributed by atoms with E-state index >= 15 is 0 Å². The largest absolute Gasteiger partial charge is 0.463 e. The Morgan fingerprint density at radius 2 is 2.21 bits per heavy atom. The lowest BCUT2D eigenvalue weighted by Gasteiger charge is -2.12. The first-order chi connectivity index (χ1) is 6.72. The number of ether oxygens (including phenoxy) is 2. The quantitative estimate of drug-likeness (QED) is 0.466. The number of hydrogen-bond acceptors (Lipinski definition) is 3. The molecule has 0 spiro atoms. The molecule has 0 aromatic rings. The normalized spacial score (nSPS) is 17.9. The standard InChI is InChI=1S/C11H20O3/c1-3-11(12)14-9(2)6-7-13-8-10-4-5-10/h9-10H,3-8H2,1-2H3. The van der Waals surface area contributed by atoms with Gasteiger partial charge in [0.1, 0.15) is 6.10 Å². The molecular weight excluding hydrogens is 180 g/mol. The molecule has 3 nitrogen and oxygen atoms in total. The smallest absolute Gasteiger partial charge is 0.305 e. The topological polar surface area (TPSA) is 35.5 Å². The maximum atomic E-state index is 10.9. The van der Waals surface area contributed by atoms with Crippen molar-refractivity contribution in [2.75, 3.05) is 13.2 Å². The van der Waals surface area contributed by atoms with E-state index in [1.807, 2.05) is 6.92 Å². The molecule has 0 saturated heterocycles. The van der Waals surface area contributed by atoms with Gasteiger partial charge in [0.2, 0.25) is 0 Å². The Morgan fingerprint density at radius 3 is 2.79 bits per heavy atom. The van der Waals surface area contributed by atoms with Crippen LogP contribution in [0.2, 0.25) is 0 Å². The molecule has 1 atom stereocenters. The van der Waals surface area contributed by atoms with E-state index in [9.17, 15) is 4.79 Å². The van der Waals surface area contributed by atoms with E-state index in [-0.39, 0.29) is 12.1 Å². The van der Waals surface area contributed by atoms with Crippen LogP contribution in [0.1, 0.15) is 39.5 Å². The second-order valence-electron chi connectivity index (χ2n) is 3.96. The van der Waals surface area contributed by atoms with Gasteiger partial charge < -0.3 is 9.47 Å². The monoisotopic (exact) mass is 200 g/mol. The van der Waals surface area contributed by atoms with Crippen molar-refractivity contribution in [1.29, 1.82) is 0 Å². The van der Waals surface area contributed by atoms with Crippen LogP contribution in [0.3, 0.4) is 0 Å². The van der Waals surface area contributed by atoms with Crippen molar-refractivity contribution in [2.24, 2.45) is 5.92 Å². The van der Waals surface area contributed by atoms with E-state index in [1.54, 1.807) is 6.92 Å². The summed E-state index contributed by atoms with van der Waals surface area (Å²) in [5, 5.41) is 0. The number of esters is 1. The van der Waals surface area contributed by atoms with Gasteiger partial charge in [0.25, 0.3) is 0 Å². The highest BCUT2D eigenvalue weighted by molar-refractivity contribution is 5.69. The summed E-state index contributed by atoms with van der Waals surface area (Å²) in [5.41, 5.74) is 0. The zero-order valence-electron chi connectivity index (χ0n) is 9.12. The molecule has 0 aliphatic heterocycles. The Hall–Kier alpha value is -0.570. The second-order valence-corrected chi connectivity index (χ2v) is 3.96. The average molecular weight is 200 g/mol. The lowest BCUT2D eigenvalue weighted by atomic mass is 10.3. The van der Waals surface area contributed by atoms with Crippen molar-refractivity contribution in [3.8, 4) is 0 Å². The fraction of sp³-hybridized carbons (Fsp3) is 0.909. The van der Waals surface area contributed by atoms with Crippen LogP contribution in [0.25, 0.3) is 0 Å². The van der Waals surface area contributed by atoms with Gasteiger partial charge in [-0.15, -0.1) is 0 Å². The molecule has 0 amide bonds. The summed E-state index contributed by atoms with van der Waals surface area (Å²) in [6.45, 7) is 5.30. The molecule has 1 unspecified atom stereocenters. The van der Waals surface area contributed by atoms with Crippen LogP contribution in [0.5, 0.6) is 0 Å². The summed E-state index contributed by atoms with van der Waals surface area (Å²) >= 11 is 0. The van der Waals surface area contributed by atoms with Crippen molar-refractivity contribution in [1.82, 2.24) is 0 Å². The van der Waals surface area contributed by atoms with Gasteiger partial charge in [-0.1, -0.05) is 6.92 Å². The summed E-state index contributed by atoms with van der Waals surface area (Å²) in [7, 11) is 0. The Morgan fingerprint density at radius 1 is 1.50 bits per heavy atom. The first kappa shape index (κ1) is 11.5. The maximum Gasteiger partial charge on any atom is 0.305 e. The van der Waals surface area contributed by atoms with Gasteiger partial charge in [-0.25, -0.2) is 0 Å². The highest BCUT2D eigenvalue weighted by Crippen LogP contribution is 2.28. The third kappa shape index (κ3) is 5.22. The minimum atomic E-state index is -0.125. The minimum absolute atomic E-state index is 0.0124. The van der Waals surface area contributed by atoms with Crippen LogP contribution in [-0.2, 0) is 14.3 Å². The molecule has 1 fully saturated rings. The summed E-state index contributed by atoms with van der Waals surface area (Å²) in [6, 6.07) is 0. The maximum absolute atomic E-state index is 10.9. The van der Waals surface area contributed by atoms with Gasteiger partial charge in [-0.2, -0.15) is 0 Å². The molecule has 0 bridgehead atoms. The van der Waals surface area contributed by atoms with E-state index in [4.69, 9.17) is 9.47 Å². The predicted octanol–water partition coefficient (Wildman–Crippen LogP) is 2.14. The molecule has 0 radical (unpaired) electrons. The van der Waals surface area contributed by atoms with Crippen molar-refractivity contribution < 1.29 is 14.3 Å². The molecule has 1 saturated carbocycles. The predicted molar refractivity (Wildman–Crippen MR) is 54.0 cm³/mol. The third-order valence-electron chi connectivity index (χ3n) is 2.34. The fourth-order valence-electron chi connectivity index (χ4n) is 1.15. The average Bonchev–Trinajstić information content (AvgIpc) is 2.96. The van der Waals surface area contributed by atoms with Gasteiger partial charge in [-0.05, 0) is 25.7 Å². The van der Waals surface area contributed by atoms with Crippen LogP contribution in [-0.4, -0.2) is 25.3 Å². The van der Waals surface area contributed by atoms with Gasteiger partial charge in [0.15, 0.2) is 0 Å². The van der Waals surface area contributed by atoms with Crippen LogP contribution >= 0.6 is 0 Å². The van der Waals surface area contributed by atoms with Crippen molar-refractivity contribution in [3.05, 3.63) is 0 Å².